The van der Waals surface area contributed by atoms with Crippen LogP contribution < -0.4 is 15.4 Å². The molecule has 0 aliphatic heterocycles. The molecule has 1 aliphatic carbocycles. The molecule has 1 heterocycles. The number of hydrogen-bond donors (Lipinski definition) is 3. The van der Waals surface area contributed by atoms with Gasteiger partial charge in [-0.2, -0.15) is 5.10 Å². The minimum absolute atomic E-state index is 0. The smallest absolute Gasteiger partial charge is 0.191 e. The lowest BCUT2D eigenvalue weighted by Gasteiger charge is -2.16. The van der Waals surface area contributed by atoms with Crippen LogP contribution >= 0.6 is 24.0 Å². The van der Waals surface area contributed by atoms with E-state index in [4.69, 9.17) is 4.74 Å². The number of nitrogens with zero attached hydrogens (tertiary/aromatic N) is 3. The normalized spacial score (nSPS) is 14.8. The van der Waals surface area contributed by atoms with Gasteiger partial charge in [-0.3, -0.25) is 5.10 Å². The summed E-state index contributed by atoms with van der Waals surface area (Å²) >= 11 is 0. The van der Waals surface area contributed by atoms with Gasteiger partial charge in [0.25, 0.3) is 0 Å². The number of aromatic amines is 1. The van der Waals surface area contributed by atoms with E-state index in [1.54, 1.807) is 7.11 Å². The van der Waals surface area contributed by atoms with Crippen molar-refractivity contribution in [2.45, 2.75) is 45.2 Å². The molecule has 1 aliphatic rings. The second-order valence-electron chi connectivity index (χ2n) is 6.16. The van der Waals surface area contributed by atoms with E-state index in [9.17, 15) is 0 Å². The third-order valence-electron chi connectivity index (χ3n) is 4.31. The molecule has 142 valence electrons. The SMILES string of the molecule is CCNC(=NCc1nc(-c2ccc(OC)cc2)n[nH]1)NC1CCCC1.I. The Morgan fingerprint density at radius 2 is 2.00 bits per heavy atom. The summed E-state index contributed by atoms with van der Waals surface area (Å²) in [4.78, 5) is 9.15. The van der Waals surface area contributed by atoms with Gasteiger partial charge < -0.3 is 15.4 Å². The molecule has 0 bridgehead atoms. The molecule has 0 saturated heterocycles. The van der Waals surface area contributed by atoms with E-state index in [1.165, 1.54) is 25.7 Å². The Kier molecular flexibility index (Phi) is 8.14. The van der Waals surface area contributed by atoms with E-state index in [2.05, 4.69) is 37.7 Å². The van der Waals surface area contributed by atoms with Crippen LogP contribution in [0.1, 0.15) is 38.4 Å². The van der Waals surface area contributed by atoms with Gasteiger partial charge in [-0.1, -0.05) is 12.8 Å². The van der Waals surface area contributed by atoms with Crippen LogP contribution in [0.2, 0.25) is 0 Å². The largest absolute Gasteiger partial charge is 0.497 e. The highest BCUT2D eigenvalue weighted by Gasteiger charge is 2.16. The maximum absolute atomic E-state index is 5.17. The highest BCUT2D eigenvalue weighted by molar-refractivity contribution is 14.0. The standard InChI is InChI=1S/C18H26N6O.HI/c1-3-19-18(21-14-6-4-5-7-14)20-12-16-22-17(24-23-16)13-8-10-15(25-2)11-9-13;/h8-11,14H,3-7,12H2,1-2H3,(H2,19,20,21)(H,22,23,24);1H. The van der Waals surface area contributed by atoms with Crippen LogP contribution in [0.4, 0.5) is 0 Å². The van der Waals surface area contributed by atoms with E-state index >= 15 is 0 Å². The van der Waals surface area contributed by atoms with Gasteiger partial charge in [0, 0.05) is 18.2 Å². The first-order valence-electron chi connectivity index (χ1n) is 8.89. The molecule has 1 fully saturated rings. The topological polar surface area (TPSA) is 87.2 Å². The van der Waals surface area contributed by atoms with Crippen LogP contribution in [0.15, 0.2) is 29.3 Å². The molecular formula is C18H27IN6O. The molecule has 0 amide bonds. The van der Waals surface area contributed by atoms with Crippen molar-refractivity contribution < 1.29 is 4.74 Å². The predicted molar refractivity (Wildman–Crippen MR) is 114 cm³/mol. The lowest BCUT2D eigenvalue weighted by molar-refractivity contribution is 0.415. The van der Waals surface area contributed by atoms with Gasteiger partial charge in [-0.05, 0) is 44.0 Å². The summed E-state index contributed by atoms with van der Waals surface area (Å²) in [6.07, 6.45) is 5.03. The maximum atomic E-state index is 5.17. The predicted octanol–water partition coefficient (Wildman–Crippen LogP) is 3.10. The first-order valence-corrected chi connectivity index (χ1v) is 8.89. The van der Waals surface area contributed by atoms with Crippen molar-refractivity contribution in [2.24, 2.45) is 4.99 Å². The third-order valence-corrected chi connectivity index (χ3v) is 4.31. The number of aromatic nitrogens is 3. The van der Waals surface area contributed by atoms with Crippen molar-refractivity contribution in [1.29, 1.82) is 0 Å². The third kappa shape index (κ3) is 5.58. The van der Waals surface area contributed by atoms with Crippen LogP contribution in [0, 0.1) is 0 Å². The maximum Gasteiger partial charge on any atom is 0.191 e. The average Bonchev–Trinajstić information content (AvgIpc) is 3.32. The number of methoxy groups -OCH3 is 1. The van der Waals surface area contributed by atoms with Gasteiger partial charge in [0.2, 0.25) is 0 Å². The van der Waals surface area contributed by atoms with Gasteiger partial charge >= 0.3 is 0 Å². The lowest BCUT2D eigenvalue weighted by atomic mass is 10.2. The van der Waals surface area contributed by atoms with Gasteiger partial charge in [0.05, 0.1) is 7.11 Å². The van der Waals surface area contributed by atoms with E-state index in [0.29, 0.717) is 18.4 Å². The molecule has 1 saturated carbocycles. The van der Waals surface area contributed by atoms with Crippen LogP contribution in [0.3, 0.4) is 0 Å². The Morgan fingerprint density at radius 3 is 2.65 bits per heavy atom. The van der Waals surface area contributed by atoms with Crippen LogP contribution in [0.5, 0.6) is 5.75 Å². The molecule has 0 atom stereocenters. The zero-order chi connectivity index (χ0) is 17.5. The van der Waals surface area contributed by atoms with Gasteiger partial charge in [-0.25, -0.2) is 9.98 Å². The van der Waals surface area contributed by atoms with Crippen LogP contribution in [-0.2, 0) is 6.54 Å². The Labute approximate surface area is 171 Å². The second kappa shape index (κ2) is 10.3. The first kappa shape index (κ1) is 20.5. The molecule has 26 heavy (non-hydrogen) atoms. The fourth-order valence-electron chi connectivity index (χ4n) is 2.97. The highest BCUT2D eigenvalue weighted by Crippen LogP contribution is 2.19. The first-order chi connectivity index (χ1) is 12.3. The quantitative estimate of drug-likeness (QED) is 0.343. The molecule has 1 aromatic heterocycles. The summed E-state index contributed by atoms with van der Waals surface area (Å²) in [6, 6.07) is 8.22. The van der Waals surface area contributed by atoms with Gasteiger partial charge in [0.1, 0.15) is 18.1 Å². The van der Waals surface area contributed by atoms with E-state index in [1.807, 2.05) is 24.3 Å². The van der Waals surface area contributed by atoms with Gasteiger partial charge in [0.15, 0.2) is 11.8 Å². The number of nitrogens with one attached hydrogen (secondary N) is 3. The number of ether oxygens (including phenoxy) is 1. The molecule has 3 N–H and O–H groups in total. The fourth-order valence-corrected chi connectivity index (χ4v) is 2.97. The molecule has 8 heteroatoms. The van der Waals surface area contributed by atoms with E-state index in [-0.39, 0.29) is 24.0 Å². The number of halogens is 1. The Balaban J connectivity index is 0.00000243. The number of rotatable bonds is 6. The Hall–Kier alpha value is -1.84. The molecule has 3 rings (SSSR count). The molecule has 1 aromatic carbocycles. The monoisotopic (exact) mass is 470 g/mol. The van der Waals surface area contributed by atoms with Crippen molar-refractivity contribution >= 4 is 29.9 Å². The summed E-state index contributed by atoms with van der Waals surface area (Å²) in [5, 5.41) is 14.0. The lowest BCUT2D eigenvalue weighted by Crippen LogP contribution is -2.42. The second-order valence-corrected chi connectivity index (χ2v) is 6.16. The van der Waals surface area contributed by atoms with Crippen molar-refractivity contribution in [3.63, 3.8) is 0 Å². The molecule has 0 spiro atoms. The van der Waals surface area contributed by atoms with E-state index in [0.717, 1.165) is 29.6 Å². The molecule has 0 unspecified atom stereocenters. The Bertz CT molecular complexity index is 694. The van der Waals surface area contributed by atoms with Crippen molar-refractivity contribution in [2.75, 3.05) is 13.7 Å². The minimum Gasteiger partial charge on any atom is -0.497 e. The summed E-state index contributed by atoms with van der Waals surface area (Å²) in [7, 11) is 1.65. The molecule has 0 radical (unpaired) electrons. The minimum atomic E-state index is 0. The van der Waals surface area contributed by atoms with Crippen LogP contribution in [-0.4, -0.2) is 40.8 Å². The average molecular weight is 470 g/mol. The number of guanidine groups is 1. The molecule has 7 nitrogen and oxygen atoms in total. The van der Waals surface area contributed by atoms with E-state index < -0.39 is 0 Å². The number of benzene rings is 1. The molecule has 2 aromatic rings. The summed E-state index contributed by atoms with van der Waals surface area (Å²) in [5.74, 6) is 3.07. The number of aliphatic imine (C=N–C) groups is 1. The summed E-state index contributed by atoms with van der Waals surface area (Å²) < 4.78 is 5.17. The number of hydrogen-bond acceptors (Lipinski definition) is 4. The number of H-pyrrole nitrogens is 1. The summed E-state index contributed by atoms with van der Waals surface area (Å²) in [6.45, 7) is 3.37. The van der Waals surface area contributed by atoms with Crippen molar-refractivity contribution in [3.8, 4) is 17.1 Å². The van der Waals surface area contributed by atoms with Crippen molar-refractivity contribution in [1.82, 2.24) is 25.8 Å². The van der Waals surface area contributed by atoms with Crippen molar-refractivity contribution in [3.05, 3.63) is 30.1 Å². The highest BCUT2D eigenvalue weighted by atomic mass is 127. The Morgan fingerprint density at radius 1 is 1.27 bits per heavy atom. The zero-order valence-corrected chi connectivity index (χ0v) is 17.6. The van der Waals surface area contributed by atoms with Gasteiger partial charge in [-0.15, -0.1) is 24.0 Å². The zero-order valence-electron chi connectivity index (χ0n) is 15.3. The van der Waals surface area contributed by atoms with Crippen LogP contribution in [0.25, 0.3) is 11.4 Å². The molecular weight excluding hydrogens is 443 g/mol. The summed E-state index contributed by atoms with van der Waals surface area (Å²) in [5.41, 5.74) is 0.947. The fraction of sp³-hybridized carbons (Fsp3) is 0.500.